The van der Waals surface area contributed by atoms with E-state index in [4.69, 9.17) is 4.74 Å². The lowest BCUT2D eigenvalue weighted by Crippen LogP contribution is -2.49. The molecule has 0 amide bonds. The van der Waals surface area contributed by atoms with E-state index in [1.165, 1.54) is 6.42 Å². The van der Waals surface area contributed by atoms with Crippen molar-refractivity contribution in [3.8, 4) is 0 Å². The second-order valence-electron chi connectivity index (χ2n) is 11.7. The molecule has 0 radical (unpaired) electrons. The van der Waals surface area contributed by atoms with Crippen LogP contribution >= 0.6 is 0 Å². The fraction of sp³-hybridized carbons (Fsp3) is 0.688. The van der Waals surface area contributed by atoms with Crippen molar-refractivity contribution in [2.75, 3.05) is 0 Å². The molecule has 0 aliphatic heterocycles. The summed E-state index contributed by atoms with van der Waals surface area (Å²) in [6.07, 6.45) is 2.42. The zero-order valence-corrected chi connectivity index (χ0v) is 25.6. The highest BCUT2D eigenvalue weighted by molar-refractivity contribution is 6.17. The van der Waals surface area contributed by atoms with Crippen LogP contribution in [0.15, 0.2) is 24.3 Å². The van der Waals surface area contributed by atoms with Gasteiger partial charge in [-0.15, -0.1) is 0 Å². The molecule has 6 nitrogen and oxygen atoms in total. The first-order valence-electron chi connectivity index (χ1n) is 14.3. The molecule has 0 fully saturated rings. The molecular weight excluding hydrogens is 480 g/mol. The number of carboxylic acid groups (broad SMARTS) is 1. The lowest BCUT2D eigenvalue weighted by molar-refractivity contribution is -0.164. The lowest BCUT2D eigenvalue weighted by atomic mass is 9.70. The van der Waals surface area contributed by atoms with E-state index in [2.05, 4.69) is 27.7 Å². The molecule has 0 saturated carbocycles. The number of rotatable bonds is 10. The van der Waals surface area contributed by atoms with Gasteiger partial charge in [-0.3, -0.25) is 19.2 Å². The van der Waals surface area contributed by atoms with Crippen LogP contribution in [0, 0.1) is 28.6 Å². The summed E-state index contributed by atoms with van der Waals surface area (Å²) in [5.74, 6) is -2.61. The molecule has 3 atom stereocenters. The highest BCUT2D eigenvalue weighted by Gasteiger charge is 2.49. The number of hydrogen-bond donors (Lipinski definition) is 1. The van der Waals surface area contributed by atoms with Crippen LogP contribution in [-0.2, 0) is 14.3 Å². The van der Waals surface area contributed by atoms with Gasteiger partial charge in [0.15, 0.2) is 11.9 Å². The first-order chi connectivity index (χ1) is 17.6. The Bertz CT molecular complexity index is 928. The van der Waals surface area contributed by atoms with Crippen molar-refractivity contribution >= 4 is 23.5 Å². The molecule has 1 aromatic carbocycles. The van der Waals surface area contributed by atoms with E-state index < -0.39 is 34.8 Å². The third-order valence-electron chi connectivity index (χ3n) is 6.74. The van der Waals surface area contributed by atoms with E-state index in [1.807, 2.05) is 20.8 Å². The number of Topliss-reactive ketones (excluding diaryl/α,β-unsaturated/α-hetero) is 2. The number of carbonyl (C=O) groups is 4. The van der Waals surface area contributed by atoms with Crippen LogP contribution in [0.25, 0.3) is 0 Å². The van der Waals surface area contributed by atoms with Crippen LogP contribution in [0.3, 0.4) is 0 Å². The first kappa shape index (κ1) is 35.5. The molecule has 0 saturated heterocycles. The summed E-state index contributed by atoms with van der Waals surface area (Å²) in [4.78, 5) is 51.9. The van der Waals surface area contributed by atoms with E-state index >= 15 is 0 Å². The Morgan fingerprint density at radius 2 is 1.37 bits per heavy atom. The molecule has 38 heavy (non-hydrogen) atoms. The van der Waals surface area contributed by atoms with Gasteiger partial charge in [-0.05, 0) is 52.4 Å². The Kier molecular flexibility index (Phi) is 14.8. The van der Waals surface area contributed by atoms with Crippen LogP contribution in [0.5, 0.6) is 0 Å². The summed E-state index contributed by atoms with van der Waals surface area (Å²) < 4.78 is 5.82. The van der Waals surface area contributed by atoms with E-state index in [-0.39, 0.29) is 29.5 Å². The summed E-state index contributed by atoms with van der Waals surface area (Å²) in [6.45, 7) is 20.8. The number of ketones is 2. The van der Waals surface area contributed by atoms with Crippen molar-refractivity contribution in [3.63, 3.8) is 0 Å². The molecule has 2 rings (SSSR count). The largest absolute Gasteiger partial charge is 0.481 e. The van der Waals surface area contributed by atoms with Crippen molar-refractivity contribution in [3.05, 3.63) is 35.4 Å². The second-order valence-corrected chi connectivity index (χ2v) is 11.7. The summed E-state index contributed by atoms with van der Waals surface area (Å²) in [6, 6.07) is 6.69. The predicted octanol–water partition coefficient (Wildman–Crippen LogP) is 8.03. The molecule has 1 aromatic rings. The van der Waals surface area contributed by atoms with Crippen molar-refractivity contribution in [2.24, 2.45) is 28.6 Å². The maximum absolute atomic E-state index is 13.5. The lowest BCUT2D eigenvalue weighted by Gasteiger charge is -2.37. The van der Waals surface area contributed by atoms with Gasteiger partial charge in [-0.1, -0.05) is 92.0 Å². The maximum Gasteiger partial charge on any atom is 0.312 e. The SMILES string of the molecule is CC.CCC.CCC(CCC(C)C)[C@H]1C(=O)c2ccccc2C(=O)C1OC(=O)C(C)(C)CC(C)(C)C(=O)O. The minimum Gasteiger partial charge on any atom is -0.481 e. The standard InChI is InChI=1S/C27H38O6.C3H8.C2H6/c1-8-17(14-13-16(2)3)20-21(28)18-11-9-10-12-19(18)22(29)23(20)33-25(32)27(6,7)15-26(4,5)24(30)31;1-3-2;1-2/h9-12,16-17,20,23H,8,13-15H2,1-7H3,(H,30,31);3H2,1-2H3;1-2H3/t17?,20-,23?;;/m0../s1. The summed E-state index contributed by atoms with van der Waals surface area (Å²) in [5.41, 5.74) is -1.63. The minimum absolute atomic E-state index is 0.0365. The number of esters is 1. The Labute approximate surface area is 230 Å². The van der Waals surface area contributed by atoms with Gasteiger partial charge < -0.3 is 9.84 Å². The van der Waals surface area contributed by atoms with Gasteiger partial charge in [0.25, 0.3) is 0 Å². The van der Waals surface area contributed by atoms with Gasteiger partial charge in [0, 0.05) is 11.1 Å². The number of hydrogen-bond acceptors (Lipinski definition) is 5. The minimum atomic E-state index is -1.20. The van der Waals surface area contributed by atoms with Crippen molar-refractivity contribution in [2.45, 2.75) is 114 Å². The van der Waals surface area contributed by atoms with E-state index in [0.717, 1.165) is 12.8 Å². The molecule has 0 spiro atoms. The average Bonchev–Trinajstić information content (AvgIpc) is 2.84. The summed E-state index contributed by atoms with van der Waals surface area (Å²) in [7, 11) is 0. The smallest absolute Gasteiger partial charge is 0.312 e. The predicted molar refractivity (Wildman–Crippen MR) is 153 cm³/mol. The van der Waals surface area contributed by atoms with Crippen molar-refractivity contribution in [1.29, 1.82) is 0 Å². The highest BCUT2D eigenvalue weighted by atomic mass is 16.5. The van der Waals surface area contributed by atoms with E-state index in [0.29, 0.717) is 17.9 Å². The Balaban J connectivity index is 0.00000255. The highest BCUT2D eigenvalue weighted by Crippen LogP contribution is 2.40. The fourth-order valence-electron chi connectivity index (χ4n) is 4.85. The maximum atomic E-state index is 13.5. The Morgan fingerprint density at radius 1 is 0.895 bits per heavy atom. The van der Waals surface area contributed by atoms with Gasteiger partial charge in [0.1, 0.15) is 0 Å². The third kappa shape index (κ3) is 9.36. The van der Waals surface area contributed by atoms with Gasteiger partial charge in [-0.2, -0.15) is 0 Å². The Hall–Kier alpha value is -2.50. The van der Waals surface area contributed by atoms with Crippen LogP contribution < -0.4 is 0 Å². The van der Waals surface area contributed by atoms with Crippen LogP contribution in [0.4, 0.5) is 0 Å². The summed E-state index contributed by atoms with van der Waals surface area (Å²) >= 11 is 0. The number of aliphatic carboxylic acids is 1. The topological polar surface area (TPSA) is 97.7 Å². The van der Waals surface area contributed by atoms with E-state index in [1.54, 1.807) is 52.0 Å². The molecule has 2 unspecified atom stereocenters. The molecule has 6 heteroatoms. The second kappa shape index (κ2) is 15.8. The molecule has 216 valence electrons. The van der Waals surface area contributed by atoms with E-state index in [9.17, 15) is 24.3 Å². The fourth-order valence-corrected chi connectivity index (χ4v) is 4.85. The van der Waals surface area contributed by atoms with Gasteiger partial charge in [0.05, 0.1) is 16.7 Å². The number of carboxylic acids is 1. The number of fused-ring (bicyclic) bond motifs is 1. The number of benzene rings is 1. The van der Waals surface area contributed by atoms with Gasteiger partial charge >= 0.3 is 11.9 Å². The van der Waals surface area contributed by atoms with Crippen LogP contribution in [0.1, 0.15) is 129 Å². The first-order valence-corrected chi connectivity index (χ1v) is 14.3. The van der Waals surface area contributed by atoms with Crippen LogP contribution in [0.2, 0.25) is 0 Å². The zero-order valence-electron chi connectivity index (χ0n) is 25.6. The van der Waals surface area contributed by atoms with Crippen LogP contribution in [-0.4, -0.2) is 34.7 Å². The quantitative estimate of drug-likeness (QED) is 0.306. The molecule has 0 bridgehead atoms. The van der Waals surface area contributed by atoms with Crippen molar-refractivity contribution < 1.29 is 29.0 Å². The van der Waals surface area contributed by atoms with Gasteiger partial charge in [0.2, 0.25) is 5.78 Å². The third-order valence-corrected chi connectivity index (χ3v) is 6.74. The monoisotopic (exact) mass is 532 g/mol. The summed E-state index contributed by atoms with van der Waals surface area (Å²) in [5, 5.41) is 9.49. The van der Waals surface area contributed by atoms with Crippen molar-refractivity contribution in [1.82, 2.24) is 0 Å². The number of carbonyl (C=O) groups excluding carboxylic acids is 3. The molecule has 1 aliphatic rings. The molecule has 1 N–H and O–H groups in total. The van der Waals surface area contributed by atoms with Gasteiger partial charge in [-0.25, -0.2) is 0 Å². The molecule has 0 aromatic heterocycles. The average molecular weight is 533 g/mol. The normalized spacial score (nSPS) is 17.9. The molecule has 0 heterocycles. The molecular formula is C32H52O6. The number of ether oxygens (including phenoxy) is 1. The Morgan fingerprint density at radius 3 is 1.79 bits per heavy atom. The zero-order chi connectivity index (χ0) is 29.8. The molecule has 1 aliphatic carbocycles.